The Morgan fingerprint density at radius 2 is 2.19 bits per heavy atom. The minimum absolute atomic E-state index is 0.0947. The maximum Gasteiger partial charge on any atom is 0.330 e. The van der Waals surface area contributed by atoms with Gasteiger partial charge in [0, 0.05) is 7.11 Å². The van der Waals surface area contributed by atoms with E-state index in [1.54, 1.807) is 0 Å². The molecule has 0 bridgehead atoms. The third-order valence-corrected chi connectivity index (χ3v) is 2.17. The molecule has 2 aromatic rings. The van der Waals surface area contributed by atoms with Gasteiger partial charge in [-0.15, -0.1) is 0 Å². The number of ether oxygens (including phenoxy) is 1. The van der Waals surface area contributed by atoms with E-state index in [0.29, 0.717) is 13.2 Å². The summed E-state index contributed by atoms with van der Waals surface area (Å²) in [7, 11) is 1.52. The molecule has 0 aliphatic rings. The van der Waals surface area contributed by atoms with Crippen LogP contribution in [0.1, 0.15) is 0 Å². The summed E-state index contributed by atoms with van der Waals surface area (Å²) in [6, 6.07) is 0. The van der Waals surface area contributed by atoms with Gasteiger partial charge in [0.25, 0.3) is 5.56 Å². The fourth-order valence-corrected chi connectivity index (χ4v) is 1.45. The van der Waals surface area contributed by atoms with Crippen LogP contribution in [0.3, 0.4) is 0 Å². The number of nitrogen functional groups attached to an aromatic ring is 1. The first-order chi connectivity index (χ1) is 7.63. The standard InChI is InChI=1S/C8H11N5O3/c1-16-3-2-13-5-4(10-7(9)11-5)6(14)12-8(13)15/h2-3H2,1H3,(H3,9,10,11)(H,12,14,15). The molecule has 0 atom stereocenters. The highest BCUT2D eigenvalue weighted by atomic mass is 16.5. The van der Waals surface area contributed by atoms with E-state index < -0.39 is 11.2 Å². The van der Waals surface area contributed by atoms with Crippen molar-refractivity contribution in [3.63, 3.8) is 0 Å². The van der Waals surface area contributed by atoms with Crippen LogP contribution in [0, 0.1) is 0 Å². The molecule has 8 nitrogen and oxygen atoms in total. The first kappa shape index (κ1) is 10.4. The van der Waals surface area contributed by atoms with E-state index in [-0.39, 0.29) is 17.1 Å². The van der Waals surface area contributed by atoms with Gasteiger partial charge < -0.3 is 15.5 Å². The number of aromatic amines is 2. The van der Waals surface area contributed by atoms with E-state index in [0.717, 1.165) is 0 Å². The third-order valence-electron chi connectivity index (χ3n) is 2.17. The van der Waals surface area contributed by atoms with E-state index in [4.69, 9.17) is 10.5 Å². The number of hydrogen-bond acceptors (Lipinski definition) is 5. The van der Waals surface area contributed by atoms with Crippen molar-refractivity contribution in [2.75, 3.05) is 19.5 Å². The molecule has 0 aromatic carbocycles. The average Bonchev–Trinajstić information content (AvgIpc) is 2.60. The Labute approximate surface area is 89.1 Å². The number of imidazole rings is 1. The predicted molar refractivity (Wildman–Crippen MR) is 57.3 cm³/mol. The van der Waals surface area contributed by atoms with E-state index in [2.05, 4.69) is 15.0 Å². The van der Waals surface area contributed by atoms with Crippen LogP contribution in [-0.4, -0.2) is 33.2 Å². The second kappa shape index (κ2) is 3.81. The number of nitrogens with one attached hydrogen (secondary N) is 2. The van der Waals surface area contributed by atoms with Crippen LogP contribution in [-0.2, 0) is 11.3 Å². The van der Waals surface area contributed by atoms with Gasteiger partial charge in [0.05, 0.1) is 13.2 Å². The normalized spacial score (nSPS) is 11.1. The van der Waals surface area contributed by atoms with Crippen LogP contribution in [0.4, 0.5) is 5.95 Å². The summed E-state index contributed by atoms with van der Waals surface area (Å²) < 4.78 is 6.16. The van der Waals surface area contributed by atoms with Crippen LogP contribution in [0.5, 0.6) is 0 Å². The van der Waals surface area contributed by atoms with Crippen LogP contribution in [0.15, 0.2) is 9.59 Å². The molecule has 2 aromatic heterocycles. The Balaban J connectivity index is 2.71. The second-order valence-electron chi connectivity index (χ2n) is 3.22. The summed E-state index contributed by atoms with van der Waals surface area (Å²) in [4.78, 5) is 31.6. The molecule has 0 unspecified atom stereocenters. The van der Waals surface area contributed by atoms with Gasteiger partial charge in [0.15, 0.2) is 17.1 Å². The molecule has 16 heavy (non-hydrogen) atoms. The zero-order valence-electron chi connectivity index (χ0n) is 8.61. The molecule has 86 valence electrons. The van der Waals surface area contributed by atoms with Crippen molar-refractivity contribution in [3.8, 4) is 0 Å². The molecule has 2 heterocycles. The summed E-state index contributed by atoms with van der Waals surface area (Å²) in [5, 5.41) is 0. The molecule has 0 spiro atoms. The monoisotopic (exact) mass is 225 g/mol. The fraction of sp³-hybridized carbons (Fsp3) is 0.375. The lowest BCUT2D eigenvalue weighted by molar-refractivity contribution is 0.187. The molecular weight excluding hydrogens is 214 g/mol. The first-order valence-corrected chi connectivity index (χ1v) is 4.60. The van der Waals surface area contributed by atoms with Crippen molar-refractivity contribution in [1.82, 2.24) is 19.5 Å². The number of rotatable bonds is 3. The highest BCUT2D eigenvalue weighted by Crippen LogP contribution is 2.05. The van der Waals surface area contributed by atoms with Gasteiger partial charge >= 0.3 is 5.69 Å². The zero-order chi connectivity index (χ0) is 11.7. The van der Waals surface area contributed by atoms with Crippen LogP contribution >= 0.6 is 0 Å². The van der Waals surface area contributed by atoms with E-state index in [9.17, 15) is 9.59 Å². The second-order valence-corrected chi connectivity index (χ2v) is 3.22. The van der Waals surface area contributed by atoms with E-state index >= 15 is 0 Å². The van der Waals surface area contributed by atoms with Crippen LogP contribution in [0.25, 0.3) is 11.2 Å². The molecule has 0 saturated carbocycles. The molecule has 0 saturated heterocycles. The van der Waals surface area contributed by atoms with Gasteiger partial charge in [0.2, 0.25) is 0 Å². The van der Waals surface area contributed by atoms with Crippen LogP contribution < -0.4 is 17.0 Å². The van der Waals surface area contributed by atoms with Gasteiger partial charge in [-0.2, -0.15) is 4.98 Å². The molecule has 0 aliphatic carbocycles. The Bertz CT molecular complexity index is 623. The number of methoxy groups -OCH3 is 1. The number of H-pyrrole nitrogens is 2. The maximum absolute atomic E-state index is 11.5. The number of fused-ring (bicyclic) bond motifs is 1. The molecule has 0 amide bonds. The van der Waals surface area contributed by atoms with Crippen molar-refractivity contribution in [1.29, 1.82) is 0 Å². The summed E-state index contributed by atoms with van der Waals surface area (Å²) >= 11 is 0. The molecule has 0 radical (unpaired) electrons. The number of nitrogens with zero attached hydrogens (tertiary/aromatic N) is 2. The molecule has 0 fully saturated rings. The molecular formula is C8H11N5O3. The summed E-state index contributed by atoms with van der Waals surface area (Å²) in [6.45, 7) is 0.640. The highest BCUT2D eigenvalue weighted by molar-refractivity contribution is 5.71. The smallest absolute Gasteiger partial charge is 0.330 e. The largest absolute Gasteiger partial charge is 0.383 e. The SMILES string of the molecule is COCCn1c(=O)[nH]c(=O)c2[nH]c(N)nc21. The first-order valence-electron chi connectivity index (χ1n) is 4.60. The maximum atomic E-state index is 11.5. The van der Waals surface area contributed by atoms with Crippen molar-refractivity contribution >= 4 is 17.1 Å². The number of anilines is 1. The quantitative estimate of drug-likeness (QED) is 0.596. The van der Waals surface area contributed by atoms with Gasteiger partial charge in [0.1, 0.15) is 0 Å². The zero-order valence-corrected chi connectivity index (χ0v) is 8.61. The van der Waals surface area contributed by atoms with E-state index in [1.165, 1.54) is 11.7 Å². The van der Waals surface area contributed by atoms with Crippen molar-refractivity contribution in [2.45, 2.75) is 6.54 Å². The molecule has 2 rings (SSSR count). The van der Waals surface area contributed by atoms with Gasteiger partial charge in [-0.05, 0) is 0 Å². The molecule has 4 N–H and O–H groups in total. The summed E-state index contributed by atoms with van der Waals surface area (Å²) in [6.07, 6.45) is 0. The van der Waals surface area contributed by atoms with Gasteiger partial charge in [-0.25, -0.2) is 4.79 Å². The Kier molecular flexibility index (Phi) is 2.49. The summed E-state index contributed by atoms with van der Waals surface area (Å²) in [5.74, 6) is 0.0947. The third kappa shape index (κ3) is 1.58. The average molecular weight is 225 g/mol. The summed E-state index contributed by atoms with van der Waals surface area (Å²) in [5.41, 5.74) is 4.81. The topological polar surface area (TPSA) is 119 Å². The number of hydrogen-bond donors (Lipinski definition) is 3. The minimum Gasteiger partial charge on any atom is -0.383 e. The predicted octanol–water partition coefficient (Wildman–Crippen LogP) is -1.36. The number of nitrogens with two attached hydrogens (primary N) is 1. The van der Waals surface area contributed by atoms with Crippen molar-refractivity contribution in [2.24, 2.45) is 0 Å². The Morgan fingerprint density at radius 3 is 2.88 bits per heavy atom. The van der Waals surface area contributed by atoms with Gasteiger partial charge in [-0.1, -0.05) is 0 Å². The Morgan fingerprint density at radius 1 is 1.44 bits per heavy atom. The van der Waals surface area contributed by atoms with Crippen molar-refractivity contribution in [3.05, 3.63) is 20.8 Å². The molecule has 8 heteroatoms. The number of aromatic nitrogens is 4. The van der Waals surface area contributed by atoms with E-state index in [1.807, 2.05) is 0 Å². The molecule has 0 aliphatic heterocycles. The minimum atomic E-state index is -0.530. The van der Waals surface area contributed by atoms with Crippen LogP contribution in [0.2, 0.25) is 0 Å². The lowest BCUT2D eigenvalue weighted by Gasteiger charge is -2.03. The lowest BCUT2D eigenvalue weighted by atomic mass is 10.5. The fourth-order valence-electron chi connectivity index (χ4n) is 1.45. The van der Waals surface area contributed by atoms with Gasteiger partial charge in [-0.3, -0.25) is 14.3 Å². The lowest BCUT2D eigenvalue weighted by Crippen LogP contribution is -2.31. The Hall–Kier alpha value is -2.09. The highest BCUT2D eigenvalue weighted by Gasteiger charge is 2.11. The van der Waals surface area contributed by atoms with Crippen molar-refractivity contribution < 1.29 is 4.74 Å².